The summed E-state index contributed by atoms with van der Waals surface area (Å²) in [6.45, 7) is 0. The van der Waals surface area contributed by atoms with Gasteiger partial charge >= 0.3 is 71.3 Å². The Morgan fingerprint density at radius 2 is 0.488 bits per heavy atom. The molecule has 0 amide bonds. The molecular formula is C15H7F25S. The molecule has 0 saturated carbocycles. The Bertz CT molecular complexity index is 926. The first-order valence-electron chi connectivity index (χ1n) is 9.14. The molecule has 0 saturated heterocycles. The number of hydrogen-bond acceptors (Lipinski definition) is 1. The number of thiol groups is 1. The highest BCUT2D eigenvalue weighted by molar-refractivity contribution is 7.80. The van der Waals surface area contributed by atoms with E-state index < -0.39 is 89.9 Å². The molecule has 0 radical (unpaired) electrons. The van der Waals surface area contributed by atoms with Crippen LogP contribution >= 0.6 is 12.6 Å². The number of hydrogen-bond donors (Lipinski definition) is 1. The lowest BCUT2D eigenvalue weighted by molar-refractivity contribution is -0.482. The summed E-state index contributed by atoms with van der Waals surface area (Å²) < 4.78 is 331. The van der Waals surface area contributed by atoms with Crippen LogP contribution < -0.4 is 0 Å². The smallest absolute Gasteiger partial charge is 0.200 e. The Hall–Kier alpha value is -1.40. The lowest BCUT2D eigenvalue weighted by Crippen LogP contribution is -2.78. The van der Waals surface area contributed by atoms with Gasteiger partial charge in [-0.05, 0) is 12.2 Å². The van der Waals surface area contributed by atoms with Crippen LogP contribution in [0.2, 0.25) is 0 Å². The van der Waals surface area contributed by atoms with Gasteiger partial charge in [-0.1, -0.05) is 0 Å². The van der Waals surface area contributed by atoms with E-state index in [4.69, 9.17) is 0 Å². The maximum absolute atomic E-state index is 13.6. The van der Waals surface area contributed by atoms with E-state index in [9.17, 15) is 110 Å². The molecular weight excluding hydrogens is 687 g/mol. The van der Waals surface area contributed by atoms with Crippen molar-refractivity contribution in [1.82, 2.24) is 0 Å². The largest absolute Gasteiger partial charge is 0.460 e. The Labute approximate surface area is 213 Å². The number of alkyl halides is 25. The minimum atomic E-state index is -9.57. The highest BCUT2D eigenvalue weighted by Crippen LogP contribution is 2.67. The monoisotopic (exact) mass is 694 g/mol. The van der Waals surface area contributed by atoms with Crippen LogP contribution in [0, 0.1) is 0 Å². The maximum Gasteiger partial charge on any atom is 0.460 e. The van der Waals surface area contributed by atoms with Crippen LogP contribution in [-0.4, -0.2) is 77.1 Å². The van der Waals surface area contributed by atoms with Crippen LogP contribution in [0.15, 0.2) is 0 Å². The van der Waals surface area contributed by atoms with Crippen molar-refractivity contribution in [3.05, 3.63) is 0 Å². The first kappa shape index (κ1) is 39.6. The first-order chi connectivity index (χ1) is 17.3. The quantitative estimate of drug-likeness (QED) is 0.144. The summed E-state index contributed by atoms with van der Waals surface area (Å²) in [6, 6.07) is 0. The lowest BCUT2D eigenvalue weighted by atomic mass is 9.84. The summed E-state index contributed by atoms with van der Waals surface area (Å²) in [6.07, 6.45) is -12.4. The summed E-state index contributed by atoms with van der Waals surface area (Å²) in [7, 11) is 0. The SMILES string of the molecule is FC(F)(F)C(F)(F)C(F)(F)C(F)(F)C(F)(F)C(F)(F)C(F)(F)C(F)(F)C(F)(F)C(F)(F)C(F)(F)C(F)(F)CCCS. The second-order valence-electron chi connectivity index (χ2n) is 7.77. The van der Waals surface area contributed by atoms with Crippen LogP contribution in [-0.2, 0) is 0 Å². The van der Waals surface area contributed by atoms with E-state index in [0.29, 0.717) is 0 Å². The number of rotatable bonds is 13. The van der Waals surface area contributed by atoms with Crippen molar-refractivity contribution in [3.8, 4) is 0 Å². The van der Waals surface area contributed by atoms with Crippen molar-refractivity contribution in [2.45, 2.75) is 84.2 Å². The van der Waals surface area contributed by atoms with E-state index in [-0.39, 0.29) is 0 Å². The second-order valence-corrected chi connectivity index (χ2v) is 8.22. The molecule has 26 heteroatoms. The van der Waals surface area contributed by atoms with Crippen molar-refractivity contribution in [2.75, 3.05) is 5.75 Å². The molecule has 0 aliphatic heterocycles. The summed E-state index contributed by atoms with van der Waals surface area (Å²) in [4.78, 5) is 0. The van der Waals surface area contributed by atoms with Crippen LogP contribution in [0.5, 0.6) is 0 Å². The first-order valence-corrected chi connectivity index (χ1v) is 9.78. The zero-order valence-electron chi connectivity index (χ0n) is 18.0. The molecule has 0 aliphatic rings. The summed E-state index contributed by atoms with van der Waals surface area (Å²) >= 11 is 3.07. The van der Waals surface area contributed by atoms with Gasteiger partial charge in [-0.25, -0.2) is 0 Å². The zero-order chi connectivity index (χ0) is 34.1. The summed E-state index contributed by atoms with van der Waals surface area (Å²) in [5.41, 5.74) is 0. The molecule has 0 heterocycles. The molecule has 0 unspecified atom stereocenters. The third-order valence-corrected chi connectivity index (χ3v) is 5.33. The average molecular weight is 694 g/mol. The van der Waals surface area contributed by atoms with E-state index in [1.807, 2.05) is 0 Å². The standard InChI is InChI=1S/C15H7F25S/c16-4(17,2-1-3-41)5(18,19)6(20,21)7(22,23)8(24,25)9(26,27)10(28,29)11(30,31)12(32,33)13(34,35)14(36,37)15(38,39)40/h41H,1-3H2. The maximum atomic E-state index is 13.6. The molecule has 41 heavy (non-hydrogen) atoms. The van der Waals surface area contributed by atoms with Gasteiger partial charge in [-0.2, -0.15) is 122 Å². The van der Waals surface area contributed by atoms with Crippen LogP contribution in [0.25, 0.3) is 0 Å². The molecule has 0 bridgehead atoms. The van der Waals surface area contributed by atoms with Gasteiger partial charge in [0, 0.05) is 6.42 Å². The third-order valence-electron chi connectivity index (χ3n) is 5.01. The molecule has 0 spiro atoms. The van der Waals surface area contributed by atoms with Gasteiger partial charge < -0.3 is 0 Å². The van der Waals surface area contributed by atoms with E-state index in [0.717, 1.165) is 0 Å². The van der Waals surface area contributed by atoms with Crippen LogP contribution in [0.4, 0.5) is 110 Å². The Kier molecular flexibility index (Phi) is 9.73. The minimum absolute atomic E-state index is 0.991. The predicted molar refractivity (Wildman–Crippen MR) is 83.6 cm³/mol. The molecule has 0 aromatic carbocycles. The van der Waals surface area contributed by atoms with Crippen molar-refractivity contribution < 1.29 is 110 Å². The van der Waals surface area contributed by atoms with E-state index in [2.05, 4.69) is 12.6 Å². The average Bonchev–Trinajstić information content (AvgIpc) is 2.75. The van der Waals surface area contributed by atoms with Crippen molar-refractivity contribution in [2.24, 2.45) is 0 Å². The molecule has 0 nitrogen and oxygen atoms in total. The van der Waals surface area contributed by atoms with Gasteiger partial charge in [0.1, 0.15) is 0 Å². The lowest BCUT2D eigenvalue weighted by Gasteiger charge is -2.45. The van der Waals surface area contributed by atoms with E-state index in [1.165, 1.54) is 0 Å². The molecule has 0 atom stereocenters. The highest BCUT2D eigenvalue weighted by Gasteiger charge is 2.99. The molecule has 0 aromatic rings. The molecule has 0 fully saturated rings. The van der Waals surface area contributed by atoms with Crippen LogP contribution in [0.1, 0.15) is 12.8 Å². The molecule has 0 aliphatic carbocycles. The normalized spacial score (nSPS) is 16.8. The van der Waals surface area contributed by atoms with Gasteiger partial charge in [-0.15, -0.1) is 0 Å². The Morgan fingerprint density at radius 1 is 0.293 bits per heavy atom. The second kappa shape index (κ2) is 10.1. The molecule has 0 aromatic heterocycles. The van der Waals surface area contributed by atoms with Crippen LogP contribution in [0.3, 0.4) is 0 Å². The molecule has 248 valence electrons. The van der Waals surface area contributed by atoms with Gasteiger partial charge in [0.05, 0.1) is 0 Å². The fraction of sp³-hybridized carbons (Fsp3) is 1.00. The Morgan fingerprint density at radius 3 is 0.683 bits per heavy atom. The van der Waals surface area contributed by atoms with Gasteiger partial charge in [0.25, 0.3) is 0 Å². The fourth-order valence-electron chi connectivity index (χ4n) is 2.44. The topological polar surface area (TPSA) is 0 Å². The van der Waals surface area contributed by atoms with E-state index >= 15 is 0 Å². The predicted octanol–water partition coefficient (Wildman–Crippen LogP) is 9.25. The summed E-state index contributed by atoms with van der Waals surface area (Å²) in [5, 5.41) is 0. The van der Waals surface area contributed by atoms with Gasteiger partial charge in [0.15, 0.2) is 0 Å². The van der Waals surface area contributed by atoms with Crippen molar-refractivity contribution >= 4 is 12.6 Å². The molecule has 0 N–H and O–H groups in total. The van der Waals surface area contributed by atoms with Crippen molar-refractivity contribution in [1.29, 1.82) is 0 Å². The van der Waals surface area contributed by atoms with E-state index in [1.54, 1.807) is 0 Å². The molecule has 0 rings (SSSR count). The number of halogens is 25. The Balaban J connectivity index is 7.26. The minimum Gasteiger partial charge on any atom is -0.200 e. The zero-order valence-corrected chi connectivity index (χ0v) is 18.9. The summed E-state index contributed by atoms with van der Waals surface area (Å²) in [5.74, 6) is -98.7. The van der Waals surface area contributed by atoms with Crippen molar-refractivity contribution in [3.63, 3.8) is 0 Å². The third kappa shape index (κ3) is 4.91. The fourth-order valence-corrected chi connectivity index (χ4v) is 2.60. The van der Waals surface area contributed by atoms with Gasteiger partial charge in [0.2, 0.25) is 0 Å². The van der Waals surface area contributed by atoms with Gasteiger partial charge in [-0.3, -0.25) is 0 Å². The highest BCUT2D eigenvalue weighted by atomic mass is 32.1.